The highest BCUT2D eigenvalue weighted by atomic mass is 19.1. The van der Waals surface area contributed by atoms with Gasteiger partial charge in [-0.3, -0.25) is 14.5 Å². The Hall–Kier alpha value is -3.60. The van der Waals surface area contributed by atoms with Gasteiger partial charge in [0.1, 0.15) is 17.5 Å². The van der Waals surface area contributed by atoms with Crippen LogP contribution >= 0.6 is 0 Å². The van der Waals surface area contributed by atoms with Crippen molar-refractivity contribution in [3.63, 3.8) is 0 Å². The molecule has 0 aromatic heterocycles. The van der Waals surface area contributed by atoms with Gasteiger partial charge in [0.2, 0.25) is 0 Å². The van der Waals surface area contributed by atoms with E-state index < -0.39 is 41.5 Å². The largest absolute Gasteiger partial charge is 0.351 e. The van der Waals surface area contributed by atoms with E-state index in [9.17, 15) is 27.6 Å². The molecule has 4 N–H and O–H groups in total. The van der Waals surface area contributed by atoms with E-state index in [0.29, 0.717) is 12.5 Å². The Morgan fingerprint density at radius 3 is 2.28 bits per heavy atom. The second-order valence-electron chi connectivity index (χ2n) is 7.06. The van der Waals surface area contributed by atoms with Crippen molar-refractivity contribution in [3.8, 4) is 0 Å². The highest BCUT2D eigenvalue weighted by molar-refractivity contribution is 6.00. The minimum Gasteiger partial charge on any atom is -0.351 e. The van der Waals surface area contributed by atoms with Crippen LogP contribution in [0.1, 0.15) is 16.8 Å². The summed E-state index contributed by atoms with van der Waals surface area (Å²) in [6.07, 6.45) is -1.01. The Kier molecular flexibility index (Phi) is 7.31. The third-order valence-corrected chi connectivity index (χ3v) is 4.85. The van der Waals surface area contributed by atoms with Crippen LogP contribution in [0.2, 0.25) is 0 Å². The molecule has 0 spiro atoms. The summed E-state index contributed by atoms with van der Waals surface area (Å²) in [5.74, 6) is -3.56. The number of halogens is 3. The van der Waals surface area contributed by atoms with Crippen LogP contribution in [-0.2, 0) is 4.79 Å². The summed E-state index contributed by atoms with van der Waals surface area (Å²) < 4.78 is 40.4. The van der Waals surface area contributed by atoms with Gasteiger partial charge in [0.05, 0.1) is 5.69 Å². The Balaban J connectivity index is 1.88. The maximum Gasteiger partial charge on any atom is 0.323 e. The first-order valence-electron chi connectivity index (χ1n) is 9.89. The summed E-state index contributed by atoms with van der Waals surface area (Å²) in [7, 11) is 0. The van der Waals surface area contributed by atoms with Crippen molar-refractivity contribution >= 4 is 23.5 Å². The van der Waals surface area contributed by atoms with Crippen molar-refractivity contribution in [3.05, 3.63) is 65.5 Å². The number of nitrogens with two attached hydrogens (primary N) is 1. The molecule has 4 amide bonds. The van der Waals surface area contributed by atoms with Crippen molar-refractivity contribution < 1.29 is 27.6 Å². The number of rotatable bonds is 5. The monoisotopic (exact) mass is 449 g/mol. The van der Waals surface area contributed by atoms with E-state index in [-0.39, 0.29) is 37.4 Å². The van der Waals surface area contributed by atoms with Crippen LogP contribution in [0.25, 0.3) is 0 Å². The molecule has 170 valence electrons. The molecule has 8 nitrogen and oxygen atoms in total. The molecule has 2 aromatic carbocycles. The molecule has 0 saturated carbocycles. The third kappa shape index (κ3) is 5.17. The van der Waals surface area contributed by atoms with Crippen molar-refractivity contribution in [1.29, 1.82) is 0 Å². The normalized spacial score (nSPS) is 15.9. The second-order valence-corrected chi connectivity index (χ2v) is 7.06. The summed E-state index contributed by atoms with van der Waals surface area (Å²) >= 11 is 0. The molecule has 0 radical (unpaired) electrons. The highest BCUT2D eigenvalue weighted by Crippen LogP contribution is 2.21. The summed E-state index contributed by atoms with van der Waals surface area (Å²) in [4.78, 5) is 41.1. The Morgan fingerprint density at radius 1 is 0.969 bits per heavy atom. The predicted octanol–water partition coefficient (Wildman–Crippen LogP) is 1.88. The van der Waals surface area contributed by atoms with Crippen LogP contribution in [0.3, 0.4) is 0 Å². The van der Waals surface area contributed by atoms with Gasteiger partial charge in [-0.15, -0.1) is 0 Å². The van der Waals surface area contributed by atoms with Crippen molar-refractivity contribution in [2.75, 3.05) is 31.5 Å². The topological polar surface area (TPSA) is 108 Å². The standard InChI is InChI=1S/C21H22F3N5O3/c22-14-4-2-13(3-5-14)20(31)28-10-1-11-29(19(28)18(30)26-9-8-25)21(32)27-17-7-6-15(23)12-16(17)24/h2-7,12,19H,1,8-11,25H2,(H,26,30)(H,27,32). The number of hydrogen-bond acceptors (Lipinski definition) is 4. The number of urea groups is 1. The fourth-order valence-corrected chi connectivity index (χ4v) is 3.36. The van der Waals surface area contributed by atoms with Gasteiger partial charge in [-0.05, 0) is 42.8 Å². The van der Waals surface area contributed by atoms with Gasteiger partial charge in [-0.2, -0.15) is 0 Å². The van der Waals surface area contributed by atoms with Gasteiger partial charge in [-0.1, -0.05) is 0 Å². The highest BCUT2D eigenvalue weighted by Gasteiger charge is 2.40. The van der Waals surface area contributed by atoms with Gasteiger partial charge in [0.15, 0.2) is 6.17 Å². The van der Waals surface area contributed by atoms with E-state index in [1.165, 1.54) is 17.0 Å². The van der Waals surface area contributed by atoms with Gasteiger partial charge < -0.3 is 21.3 Å². The van der Waals surface area contributed by atoms with E-state index in [0.717, 1.165) is 29.2 Å². The van der Waals surface area contributed by atoms with Crippen LogP contribution < -0.4 is 16.4 Å². The molecule has 0 aliphatic carbocycles. The molecule has 1 saturated heterocycles. The molecule has 1 fully saturated rings. The van der Waals surface area contributed by atoms with Crippen LogP contribution in [0.15, 0.2) is 42.5 Å². The minimum absolute atomic E-state index is 0.0998. The zero-order valence-electron chi connectivity index (χ0n) is 17.0. The molecule has 2 aromatic rings. The van der Waals surface area contributed by atoms with E-state index in [2.05, 4.69) is 10.6 Å². The number of carbonyl (C=O) groups excluding carboxylic acids is 3. The number of benzene rings is 2. The zero-order chi connectivity index (χ0) is 23.3. The number of amides is 4. The molecule has 32 heavy (non-hydrogen) atoms. The van der Waals surface area contributed by atoms with Gasteiger partial charge in [0, 0.05) is 37.8 Å². The SMILES string of the molecule is NCCNC(=O)C1N(C(=O)Nc2ccc(F)cc2F)CCCN1C(=O)c1ccc(F)cc1. The minimum atomic E-state index is -1.35. The lowest BCUT2D eigenvalue weighted by Crippen LogP contribution is -2.64. The lowest BCUT2D eigenvalue weighted by molar-refractivity contribution is -0.132. The number of carbonyl (C=O) groups is 3. The van der Waals surface area contributed by atoms with E-state index in [4.69, 9.17) is 5.73 Å². The summed E-state index contributed by atoms with van der Waals surface area (Å²) in [5, 5.41) is 4.86. The van der Waals surface area contributed by atoms with Crippen LogP contribution in [0.4, 0.5) is 23.7 Å². The first-order valence-corrected chi connectivity index (χ1v) is 9.89. The first kappa shape index (κ1) is 23.1. The number of hydrogen-bond donors (Lipinski definition) is 3. The quantitative estimate of drug-likeness (QED) is 0.648. The maximum absolute atomic E-state index is 14.0. The van der Waals surface area contributed by atoms with E-state index in [1.54, 1.807) is 0 Å². The lowest BCUT2D eigenvalue weighted by atomic mass is 10.1. The summed E-state index contributed by atoms with van der Waals surface area (Å²) in [5.41, 5.74) is 5.29. The van der Waals surface area contributed by atoms with Crippen LogP contribution in [-0.4, -0.2) is 60.0 Å². The molecule has 1 atom stereocenters. The maximum atomic E-state index is 14.0. The molecule has 1 aliphatic heterocycles. The third-order valence-electron chi connectivity index (χ3n) is 4.85. The summed E-state index contributed by atoms with van der Waals surface area (Å²) in [6, 6.07) is 6.58. The smallest absolute Gasteiger partial charge is 0.323 e. The molecular weight excluding hydrogens is 427 g/mol. The summed E-state index contributed by atoms with van der Waals surface area (Å²) in [6.45, 7) is 0.501. The number of nitrogens with zero attached hydrogens (tertiary/aromatic N) is 2. The fraction of sp³-hybridized carbons (Fsp3) is 0.286. The van der Waals surface area contributed by atoms with E-state index in [1.807, 2.05) is 0 Å². The molecule has 1 aliphatic rings. The first-order chi connectivity index (χ1) is 15.3. The van der Waals surface area contributed by atoms with Gasteiger partial charge in [-0.25, -0.2) is 18.0 Å². The molecule has 1 unspecified atom stereocenters. The van der Waals surface area contributed by atoms with Gasteiger partial charge in [0.25, 0.3) is 11.8 Å². The lowest BCUT2D eigenvalue weighted by Gasteiger charge is -2.42. The molecular formula is C21H22F3N5O3. The number of anilines is 1. The molecule has 0 bridgehead atoms. The zero-order valence-corrected chi connectivity index (χ0v) is 17.0. The number of nitrogens with one attached hydrogen (secondary N) is 2. The van der Waals surface area contributed by atoms with Crippen molar-refractivity contribution in [1.82, 2.24) is 15.1 Å². The average Bonchev–Trinajstić information content (AvgIpc) is 2.78. The molecule has 3 rings (SSSR count). The second kappa shape index (κ2) is 10.1. The van der Waals surface area contributed by atoms with Crippen molar-refractivity contribution in [2.45, 2.75) is 12.6 Å². The Morgan fingerprint density at radius 2 is 1.62 bits per heavy atom. The molecule has 1 heterocycles. The predicted molar refractivity (Wildman–Crippen MR) is 110 cm³/mol. The van der Waals surface area contributed by atoms with Gasteiger partial charge >= 0.3 is 6.03 Å². The average molecular weight is 449 g/mol. The van der Waals surface area contributed by atoms with Crippen LogP contribution in [0.5, 0.6) is 0 Å². The Bertz CT molecular complexity index is 1000. The molecule has 11 heteroatoms. The fourth-order valence-electron chi connectivity index (χ4n) is 3.36. The van der Waals surface area contributed by atoms with E-state index >= 15 is 0 Å². The van der Waals surface area contributed by atoms with Crippen LogP contribution in [0, 0.1) is 17.5 Å². The Labute approximate surface area is 182 Å². The van der Waals surface area contributed by atoms with Crippen molar-refractivity contribution in [2.24, 2.45) is 5.73 Å².